The van der Waals surface area contributed by atoms with Gasteiger partial charge in [0.2, 0.25) is 0 Å². The minimum absolute atomic E-state index is 0.527. The largest absolute Gasteiger partial charge is 0.305 e. The van der Waals surface area contributed by atoms with Crippen molar-refractivity contribution in [1.29, 1.82) is 0 Å². The van der Waals surface area contributed by atoms with Gasteiger partial charge in [0, 0.05) is 17.5 Å². The molecule has 1 aromatic carbocycles. The summed E-state index contributed by atoms with van der Waals surface area (Å²) < 4.78 is 0. The normalized spacial score (nSPS) is 22.7. The molecule has 1 N–H and O–H groups in total. The van der Waals surface area contributed by atoms with Crippen molar-refractivity contribution in [3.05, 3.63) is 57.8 Å². The molecule has 1 heterocycles. The van der Waals surface area contributed by atoms with Gasteiger partial charge in [0.05, 0.1) is 0 Å². The van der Waals surface area contributed by atoms with Crippen LogP contribution in [0.25, 0.3) is 0 Å². The molecule has 18 heavy (non-hydrogen) atoms. The molecule has 2 heteroatoms. The Morgan fingerprint density at radius 3 is 2.72 bits per heavy atom. The van der Waals surface area contributed by atoms with Crippen molar-refractivity contribution in [2.75, 3.05) is 0 Å². The minimum atomic E-state index is 0.527. The molecule has 1 aromatic heterocycles. The average molecular weight is 257 g/mol. The Morgan fingerprint density at radius 1 is 1.11 bits per heavy atom. The van der Waals surface area contributed by atoms with E-state index in [-0.39, 0.29) is 0 Å². The Balaban J connectivity index is 1.76. The van der Waals surface area contributed by atoms with Gasteiger partial charge in [0.25, 0.3) is 0 Å². The molecule has 0 amide bonds. The quantitative estimate of drug-likeness (QED) is 0.855. The maximum Gasteiger partial charge on any atom is 0.0326 e. The van der Waals surface area contributed by atoms with E-state index in [4.69, 9.17) is 0 Å². The monoisotopic (exact) mass is 257 g/mol. The number of rotatable bonds is 3. The van der Waals surface area contributed by atoms with Crippen molar-refractivity contribution in [1.82, 2.24) is 5.32 Å². The highest BCUT2D eigenvalue weighted by molar-refractivity contribution is 7.09. The summed E-state index contributed by atoms with van der Waals surface area (Å²) in [5, 5.41) is 5.86. The van der Waals surface area contributed by atoms with Crippen molar-refractivity contribution >= 4 is 11.3 Å². The highest BCUT2D eigenvalue weighted by atomic mass is 32.1. The third-order valence-electron chi connectivity index (χ3n) is 3.89. The summed E-state index contributed by atoms with van der Waals surface area (Å²) in [6.07, 6.45) is 2.54. The van der Waals surface area contributed by atoms with E-state index in [1.54, 1.807) is 0 Å². The molecule has 1 aliphatic carbocycles. The zero-order valence-corrected chi connectivity index (χ0v) is 11.5. The second kappa shape index (κ2) is 5.25. The van der Waals surface area contributed by atoms with Crippen LogP contribution in [0.15, 0.2) is 41.8 Å². The average Bonchev–Trinajstić information content (AvgIpc) is 2.92. The highest BCUT2D eigenvalue weighted by Gasteiger charge is 2.23. The molecule has 1 aliphatic rings. The van der Waals surface area contributed by atoms with Crippen molar-refractivity contribution in [2.45, 2.75) is 38.3 Å². The fraction of sp³-hybridized carbons (Fsp3) is 0.375. The molecular weight excluding hydrogens is 238 g/mol. The van der Waals surface area contributed by atoms with Crippen LogP contribution in [0.1, 0.15) is 47.7 Å². The second-order valence-corrected chi connectivity index (χ2v) is 6.15. The van der Waals surface area contributed by atoms with Crippen LogP contribution < -0.4 is 5.32 Å². The van der Waals surface area contributed by atoms with E-state index in [9.17, 15) is 0 Å². The van der Waals surface area contributed by atoms with E-state index < -0.39 is 0 Å². The lowest BCUT2D eigenvalue weighted by atomic mass is 9.81. The summed E-state index contributed by atoms with van der Waals surface area (Å²) in [4.78, 5) is 1.42. The molecule has 2 aromatic rings. The van der Waals surface area contributed by atoms with Crippen LogP contribution in [0.2, 0.25) is 0 Å². The number of benzene rings is 1. The Bertz CT molecular complexity index is 504. The summed E-state index contributed by atoms with van der Waals surface area (Å²) in [5.74, 6) is 0.709. The fourth-order valence-electron chi connectivity index (χ4n) is 2.85. The SMILES string of the molecule is CC1CCC(NCc2cccs2)c2ccccc21. The fourth-order valence-corrected chi connectivity index (χ4v) is 3.51. The lowest BCUT2D eigenvalue weighted by Gasteiger charge is -2.30. The van der Waals surface area contributed by atoms with E-state index in [1.807, 2.05) is 11.3 Å². The smallest absolute Gasteiger partial charge is 0.0326 e. The first kappa shape index (κ1) is 11.9. The highest BCUT2D eigenvalue weighted by Crippen LogP contribution is 2.37. The van der Waals surface area contributed by atoms with Crippen molar-refractivity contribution in [2.24, 2.45) is 0 Å². The molecule has 0 aliphatic heterocycles. The number of fused-ring (bicyclic) bond motifs is 1. The van der Waals surface area contributed by atoms with E-state index >= 15 is 0 Å². The predicted octanol–water partition coefficient (Wildman–Crippen LogP) is 4.48. The number of hydrogen-bond acceptors (Lipinski definition) is 2. The van der Waals surface area contributed by atoms with Gasteiger partial charge in [-0.05, 0) is 41.3 Å². The summed E-state index contributed by atoms with van der Waals surface area (Å²) >= 11 is 1.83. The van der Waals surface area contributed by atoms with E-state index in [2.05, 4.69) is 54.0 Å². The Kier molecular flexibility index (Phi) is 3.48. The zero-order chi connectivity index (χ0) is 12.4. The molecule has 2 atom stereocenters. The first-order chi connectivity index (χ1) is 8.84. The lowest BCUT2D eigenvalue weighted by molar-refractivity contribution is 0.432. The molecule has 1 nitrogen and oxygen atoms in total. The van der Waals surface area contributed by atoms with Gasteiger partial charge in [-0.15, -0.1) is 11.3 Å². The summed E-state index contributed by atoms with van der Waals surface area (Å²) in [5.41, 5.74) is 3.04. The topological polar surface area (TPSA) is 12.0 Å². The molecule has 94 valence electrons. The third-order valence-corrected chi connectivity index (χ3v) is 4.77. The standard InChI is InChI=1S/C16H19NS/c1-12-8-9-16(15-7-3-2-6-14(12)15)17-11-13-5-4-10-18-13/h2-7,10,12,16-17H,8-9,11H2,1H3. The Labute approximate surface area is 113 Å². The second-order valence-electron chi connectivity index (χ2n) is 5.12. The van der Waals surface area contributed by atoms with Gasteiger partial charge in [-0.3, -0.25) is 0 Å². The minimum Gasteiger partial charge on any atom is -0.305 e. The van der Waals surface area contributed by atoms with Crippen molar-refractivity contribution in [3.8, 4) is 0 Å². The van der Waals surface area contributed by atoms with Gasteiger partial charge >= 0.3 is 0 Å². The third kappa shape index (κ3) is 2.36. The molecule has 0 bridgehead atoms. The maximum absolute atomic E-state index is 3.71. The first-order valence-corrected chi connectivity index (χ1v) is 7.57. The van der Waals surface area contributed by atoms with Crippen LogP contribution in [0.4, 0.5) is 0 Å². The van der Waals surface area contributed by atoms with Crippen LogP contribution in [0, 0.1) is 0 Å². The summed E-state index contributed by atoms with van der Waals surface area (Å²) in [6.45, 7) is 3.33. The molecule has 2 unspecified atom stereocenters. The summed E-state index contributed by atoms with van der Waals surface area (Å²) in [7, 11) is 0. The van der Waals surface area contributed by atoms with Gasteiger partial charge in [-0.1, -0.05) is 37.3 Å². The van der Waals surface area contributed by atoms with Gasteiger partial charge in [-0.25, -0.2) is 0 Å². The van der Waals surface area contributed by atoms with Crippen LogP contribution in [-0.4, -0.2) is 0 Å². The van der Waals surface area contributed by atoms with Crippen molar-refractivity contribution < 1.29 is 0 Å². The van der Waals surface area contributed by atoms with Gasteiger partial charge in [0.1, 0.15) is 0 Å². The molecule has 0 saturated heterocycles. The number of nitrogens with one attached hydrogen (secondary N) is 1. The van der Waals surface area contributed by atoms with E-state index in [1.165, 1.54) is 28.8 Å². The molecule has 3 rings (SSSR count). The number of hydrogen-bond donors (Lipinski definition) is 1. The molecule has 0 fully saturated rings. The van der Waals surface area contributed by atoms with Crippen LogP contribution in [-0.2, 0) is 6.54 Å². The van der Waals surface area contributed by atoms with Gasteiger partial charge < -0.3 is 5.32 Å². The van der Waals surface area contributed by atoms with Crippen LogP contribution in [0.5, 0.6) is 0 Å². The molecule has 0 saturated carbocycles. The Morgan fingerprint density at radius 2 is 1.94 bits per heavy atom. The lowest BCUT2D eigenvalue weighted by Crippen LogP contribution is -2.25. The predicted molar refractivity (Wildman–Crippen MR) is 78.0 cm³/mol. The van der Waals surface area contributed by atoms with Gasteiger partial charge in [-0.2, -0.15) is 0 Å². The molecule has 0 spiro atoms. The van der Waals surface area contributed by atoms with Crippen LogP contribution >= 0.6 is 11.3 Å². The van der Waals surface area contributed by atoms with Crippen LogP contribution in [0.3, 0.4) is 0 Å². The molecule has 0 radical (unpaired) electrons. The molecular formula is C16H19NS. The van der Waals surface area contributed by atoms with Crippen molar-refractivity contribution in [3.63, 3.8) is 0 Å². The number of thiophene rings is 1. The maximum atomic E-state index is 3.71. The first-order valence-electron chi connectivity index (χ1n) is 6.69. The summed E-state index contributed by atoms with van der Waals surface area (Å²) in [6, 6.07) is 13.8. The van der Waals surface area contributed by atoms with E-state index in [0.717, 1.165) is 6.54 Å². The zero-order valence-electron chi connectivity index (χ0n) is 10.7. The van der Waals surface area contributed by atoms with Gasteiger partial charge in [0.15, 0.2) is 0 Å². The Hall–Kier alpha value is -1.12. The van der Waals surface area contributed by atoms with E-state index in [0.29, 0.717) is 12.0 Å².